The predicted molar refractivity (Wildman–Crippen MR) is 70.4 cm³/mol. The Morgan fingerprint density at radius 1 is 1.37 bits per heavy atom. The van der Waals surface area contributed by atoms with E-state index >= 15 is 0 Å². The van der Waals surface area contributed by atoms with Crippen LogP contribution in [0.4, 0.5) is 0 Å². The predicted octanol–water partition coefficient (Wildman–Crippen LogP) is 1.67. The van der Waals surface area contributed by atoms with E-state index in [-0.39, 0.29) is 28.7 Å². The maximum absolute atomic E-state index is 11.9. The first-order valence-electron chi connectivity index (χ1n) is 5.86. The van der Waals surface area contributed by atoms with Crippen molar-refractivity contribution in [3.8, 4) is 23.1 Å². The molecular weight excluding hydrogens is 246 g/mol. The van der Waals surface area contributed by atoms with Gasteiger partial charge in [-0.2, -0.15) is 4.98 Å². The maximum Gasteiger partial charge on any atom is 0.258 e. The van der Waals surface area contributed by atoms with Crippen molar-refractivity contribution in [1.82, 2.24) is 15.0 Å². The zero-order valence-electron chi connectivity index (χ0n) is 11.0. The van der Waals surface area contributed by atoms with Crippen LogP contribution in [0.25, 0.3) is 11.4 Å². The van der Waals surface area contributed by atoms with Crippen molar-refractivity contribution in [1.29, 1.82) is 0 Å². The number of hydrogen-bond donors (Lipinski definition) is 2. The van der Waals surface area contributed by atoms with E-state index in [9.17, 15) is 9.90 Å². The summed E-state index contributed by atoms with van der Waals surface area (Å²) in [7, 11) is 1.52. The van der Waals surface area contributed by atoms with E-state index < -0.39 is 0 Å². The number of rotatable bonds is 3. The highest BCUT2D eigenvalue weighted by atomic mass is 16.5. The number of methoxy groups -OCH3 is 1. The van der Waals surface area contributed by atoms with Gasteiger partial charge >= 0.3 is 0 Å². The molecule has 2 heterocycles. The van der Waals surface area contributed by atoms with Crippen LogP contribution in [0.3, 0.4) is 0 Å². The maximum atomic E-state index is 11.9. The molecule has 0 saturated heterocycles. The molecule has 0 amide bonds. The molecule has 2 N–H and O–H groups in total. The van der Waals surface area contributed by atoms with E-state index in [1.807, 2.05) is 13.8 Å². The number of hydrogen-bond acceptors (Lipinski definition) is 5. The minimum Gasteiger partial charge on any atom is -0.493 e. The fourth-order valence-corrected chi connectivity index (χ4v) is 1.77. The van der Waals surface area contributed by atoms with Crippen molar-refractivity contribution < 1.29 is 9.84 Å². The van der Waals surface area contributed by atoms with Crippen LogP contribution in [0.15, 0.2) is 23.1 Å². The molecule has 100 valence electrons. The second-order valence-corrected chi connectivity index (χ2v) is 4.40. The van der Waals surface area contributed by atoms with E-state index in [2.05, 4.69) is 15.0 Å². The molecule has 0 aliphatic heterocycles. The molecule has 2 rings (SSSR count). The Morgan fingerprint density at radius 2 is 2.11 bits per heavy atom. The number of H-pyrrole nitrogens is 1. The molecule has 0 unspecified atom stereocenters. The average molecular weight is 261 g/mol. The van der Waals surface area contributed by atoms with Crippen LogP contribution in [-0.4, -0.2) is 27.2 Å². The number of aromatic hydroxyl groups is 1. The van der Waals surface area contributed by atoms with Gasteiger partial charge in [-0.15, -0.1) is 0 Å². The van der Waals surface area contributed by atoms with Gasteiger partial charge in [0.1, 0.15) is 5.82 Å². The lowest BCUT2D eigenvalue weighted by atomic mass is 10.1. The lowest BCUT2D eigenvalue weighted by molar-refractivity contribution is 0.398. The van der Waals surface area contributed by atoms with Crippen LogP contribution in [-0.2, 0) is 0 Å². The second kappa shape index (κ2) is 5.09. The molecule has 0 spiro atoms. The molecule has 6 heteroatoms. The zero-order valence-corrected chi connectivity index (χ0v) is 11.0. The van der Waals surface area contributed by atoms with Crippen molar-refractivity contribution in [2.45, 2.75) is 19.8 Å². The summed E-state index contributed by atoms with van der Waals surface area (Å²) < 4.78 is 4.95. The van der Waals surface area contributed by atoms with Gasteiger partial charge in [0, 0.05) is 17.8 Å². The van der Waals surface area contributed by atoms with Gasteiger partial charge in [-0.25, -0.2) is 4.98 Å². The summed E-state index contributed by atoms with van der Waals surface area (Å²) in [6.45, 7) is 3.64. The van der Waals surface area contributed by atoms with Gasteiger partial charge < -0.3 is 14.8 Å². The van der Waals surface area contributed by atoms with E-state index in [1.54, 1.807) is 12.1 Å². The van der Waals surface area contributed by atoms with Gasteiger partial charge in [0.05, 0.1) is 12.7 Å². The first-order chi connectivity index (χ1) is 9.02. The summed E-state index contributed by atoms with van der Waals surface area (Å²) in [6, 6.07) is 3.36. The molecular formula is C13H15N3O3. The van der Waals surface area contributed by atoms with Crippen molar-refractivity contribution in [3.05, 3.63) is 34.2 Å². The van der Waals surface area contributed by atoms with Crippen LogP contribution in [0, 0.1) is 0 Å². The molecule has 2 aromatic rings. The van der Waals surface area contributed by atoms with E-state index in [1.165, 1.54) is 13.3 Å². The number of aromatic amines is 1. The third-order valence-electron chi connectivity index (χ3n) is 2.73. The third kappa shape index (κ3) is 2.57. The second-order valence-electron chi connectivity index (χ2n) is 4.40. The Kier molecular flexibility index (Phi) is 3.50. The lowest BCUT2D eigenvalue weighted by Gasteiger charge is -2.08. The van der Waals surface area contributed by atoms with Gasteiger partial charge in [0.15, 0.2) is 0 Å². The molecule has 6 nitrogen and oxygen atoms in total. The SMILES string of the molecule is COc1ccc(-c2nc(O)c(C(C)C)c(=O)[nH]2)cn1. The average Bonchev–Trinajstić information content (AvgIpc) is 2.37. The Labute approximate surface area is 110 Å². The molecule has 2 aromatic heterocycles. The molecule has 19 heavy (non-hydrogen) atoms. The molecule has 0 bridgehead atoms. The van der Waals surface area contributed by atoms with Crippen molar-refractivity contribution >= 4 is 0 Å². The van der Waals surface area contributed by atoms with Crippen molar-refractivity contribution in [2.24, 2.45) is 0 Å². The fraction of sp³-hybridized carbons (Fsp3) is 0.308. The first kappa shape index (κ1) is 13.1. The van der Waals surface area contributed by atoms with Gasteiger partial charge in [0.25, 0.3) is 5.56 Å². The summed E-state index contributed by atoms with van der Waals surface area (Å²) in [4.78, 5) is 22.6. The van der Waals surface area contributed by atoms with E-state index in [4.69, 9.17) is 4.74 Å². The molecule has 0 aliphatic carbocycles. The van der Waals surface area contributed by atoms with Crippen LogP contribution in [0.2, 0.25) is 0 Å². The summed E-state index contributed by atoms with van der Waals surface area (Å²) in [5, 5.41) is 9.83. The van der Waals surface area contributed by atoms with Gasteiger partial charge in [-0.05, 0) is 12.0 Å². The van der Waals surface area contributed by atoms with Crippen LogP contribution in [0.5, 0.6) is 11.8 Å². The highest BCUT2D eigenvalue weighted by Gasteiger charge is 2.14. The van der Waals surface area contributed by atoms with Crippen LogP contribution in [0.1, 0.15) is 25.3 Å². The summed E-state index contributed by atoms with van der Waals surface area (Å²) in [5.74, 6) is 0.403. The van der Waals surface area contributed by atoms with E-state index in [0.717, 1.165) is 0 Å². The van der Waals surface area contributed by atoms with Gasteiger partial charge in [-0.1, -0.05) is 13.8 Å². The van der Waals surface area contributed by atoms with Crippen LogP contribution >= 0.6 is 0 Å². The zero-order chi connectivity index (χ0) is 14.0. The Hall–Kier alpha value is -2.37. The monoisotopic (exact) mass is 261 g/mol. The minimum atomic E-state index is -0.340. The summed E-state index contributed by atoms with van der Waals surface area (Å²) in [6.07, 6.45) is 1.52. The molecule has 0 fully saturated rings. The van der Waals surface area contributed by atoms with Crippen molar-refractivity contribution in [2.75, 3.05) is 7.11 Å². The Balaban J connectivity index is 2.49. The molecule has 0 saturated carbocycles. The fourth-order valence-electron chi connectivity index (χ4n) is 1.77. The molecule has 0 radical (unpaired) electrons. The first-order valence-corrected chi connectivity index (χ1v) is 5.86. The molecule has 0 aliphatic rings. The topological polar surface area (TPSA) is 88.1 Å². The number of aromatic nitrogens is 3. The Bertz CT molecular complexity index is 633. The smallest absolute Gasteiger partial charge is 0.258 e. The molecule has 0 aromatic carbocycles. The van der Waals surface area contributed by atoms with Gasteiger partial charge in [-0.3, -0.25) is 4.79 Å². The highest BCUT2D eigenvalue weighted by molar-refractivity contribution is 5.54. The third-order valence-corrected chi connectivity index (χ3v) is 2.73. The normalized spacial score (nSPS) is 10.7. The van der Waals surface area contributed by atoms with Crippen molar-refractivity contribution in [3.63, 3.8) is 0 Å². The standard InChI is InChI=1S/C13H15N3O3/c1-7(2)10-12(17)15-11(16-13(10)18)8-4-5-9(19-3)14-6-8/h4-7H,1-3H3,(H2,15,16,17,18). The number of nitrogens with zero attached hydrogens (tertiary/aromatic N) is 2. The van der Waals surface area contributed by atoms with E-state index in [0.29, 0.717) is 11.4 Å². The Morgan fingerprint density at radius 3 is 2.58 bits per heavy atom. The van der Waals surface area contributed by atoms with Crippen LogP contribution < -0.4 is 10.3 Å². The molecule has 0 atom stereocenters. The minimum absolute atomic E-state index is 0.0979. The van der Waals surface area contributed by atoms with Gasteiger partial charge in [0.2, 0.25) is 11.8 Å². The number of pyridine rings is 1. The highest BCUT2D eigenvalue weighted by Crippen LogP contribution is 2.22. The quantitative estimate of drug-likeness (QED) is 0.877. The lowest BCUT2D eigenvalue weighted by Crippen LogP contribution is -2.16. The number of ether oxygens (including phenoxy) is 1. The summed E-state index contributed by atoms with van der Waals surface area (Å²) >= 11 is 0. The largest absolute Gasteiger partial charge is 0.493 e. The number of nitrogens with one attached hydrogen (secondary N) is 1. The summed E-state index contributed by atoms with van der Waals surface area (Å²) in [5.41, 5.74) is 0.544.